The number of likely N-dealkylation sites (tertiary alicyclic amines) is 1. The van der Waals surface area contributed by atoms with Gasteiger partial charge < -0.3 is 15.4 Å². The van der Waals surface area contributed by atoms with E-state index < -0.39 is 5.54 Å². The number of nitrogens with two attached hydrogens (primary N) is 1. The molecule has 0 bridgehead atoms. The zero-order valence-electron chi connectivity index (χ0n) is 9.96. The number of hydrogen-bond donors (Lipinski definition) is 1. The molecule has 1 atom stereocenters. The molecular weight excluding hydrogens is 207 g/mol. The Balaban J connectivity index is 1.87. The highest BCUT2D eigenvalue weighted by Crippen LogP contribution is 2.24. The van der Waals surface area contributed by atoms with Crippen molar-refractivity contribution in [1.82, 2.24) is 4.90 Å². The zero-order chi connectivity index (χ0) is 11.4. The Kier molecular flexibility index (Phi) is 4.16. The molecule has 0 aliphatic carbocycles. The highest BCUT2D eigenvalue weighted by atomic mass is 19.1. The van der Waals surface area contributed by atoms with Gasteiger partial charge in [0.1, 0.15) is 6.67 Å². The van der Waals surface area contributed by atoms with Gasteiger partial charge in [-0.05, 0) is 38.6 Å². The van der Waals surface area contributed by atoms with Gasteiger partial charge in [0.25, 0.3) is 0 Å². The molecule has 2 heterocycles. The minimum atomic E-state index is -0.556. The van der Waals surface area contributed by atoms with Crippen molar-refractivity contribution >= 4 is 0 Å². The fourth-order valence-electron chi connectivity index (χ4n) is 2.79. The third kappa shape index (κ3) is 2.93. The topological polar surface area (TPSA) is 38.5 Å². The van der Waals surface area contributed by atoms with Crippen LogP contribution >= 0.6 is 0 Å². The van der Waals surface area contributed by atoms with Gasteiger partial charge in [0, 0.05) is 31.3 Å². The first-order valence-corrected chi connectivity index (χ1v) is 6.40. The van der Waals surface area contributed by atoms with Crippen molar-refractivity contribution in [3.8, 4) is 0 Å². The average molecular weight is 230 g/mol. The van der Waals surface area contributed by atoms with E-state index in [9.17, 15) is 4.39 Å². The number of hydrogen-bond acceptors (Lipinski definition) is 3. The fourth-order valence-corrected chi connectivity index (χ4v) is 2.79. The van der Waals surface area contributed by atoms with Crippen molar-refractivity contribution in [2.45, 2.75) is 43.7 Å². The van der Waals surface area contributed by atoms with Crippen molar-refractivity contribution in [3.05, 3.63) is 0 Å². The molecule has 0 amide bonds. The molecule has 0 aromatic heterocycles. The molecule has 2 aliphatic heterocycles. The van der Waals surface area contributed by atoms with Gasteiger partial charge in [-0.3, -0.25) is 0 Å². The standard InChI is InChI=1S/C12H23FN2O/c13-10-12(14)4-1-6-15(7-5-12)11-2-8-16-9-3-11/h11H,1-10,14H2. The molecular formula is C12H23FN2O. The van der Waals surface area contributed by atoms with Crippen LogP contribution in [0.2, 0.25) is 0 Å². The first-order chi connectivity index (χ1) is 7.73. The summed E-state index contributed by atoms with van der Waals surface area (Å²) in [6, 6.07) is 0.635. The Labute approximate surface area is 97.1 Å². The molecule has 16 heavy (non-hydrogen) atoms. The summed E-state index contributed by atoms with van der Waals surface area (Å²) in [6.07, 6.45) is 4.88. The SMILES string of the molecule is NC1(CF)CCCN(C2CCOCC2)CC1. The van der Waals surface area contributed by atoms with Gasteiger partial charge in [0.05, 0.1) is 0 Å². The van der Waals surface area contributed by atoms with Crippen molar-refractivity contribution in [2.24, 2.45) is 5.73 Å². The third-order valence-corrected chi connectivity index (χ3v) is 3.99. The van der Waals surface area contributed by atoms with Crippen LogP contribution in [0, 0.1) is 0 Å². The van der Waals surface area contributed by atoms with E-state index in [2.05, 4.69) is 4.90 Å². The minimum Gasteiger partial charge on any atom is -0.381 e. The van der Waals surface area contributed by atoms with Gasteiger partial charge in [-0.1, -0.05) is 0 Å². The Bertz CT molecular complexity index is 221. The maximum atomic E-state index is 12.8. The second kappa shape index (κ2) is 5.43. The summed E-state index contributed by atoms with van der Waals surface area (Å²) in [6.45, 7) is 3.39. The molecule has 0 aromatic rings. The van der Waals surface area contributed by atoms with E-state index in [1.54, 1.807) is 0 Å². The summed E-state index contributed by atoms with van der Waals surface area (Å²) < 4.78 is 18.2. The molecule has 4 heteroatoms. The number of halogens is 1. The fraction of sp³-hybridized carbons (Fsp3) is 1.00. The van der Waals surface area contributed by atoms with Crippen LogP contribution in [0.5, 0.6) is 0 Å². The quantitative estimate of drug-likeness (QED) is 0.777. The summed E-state index contributed by atoms with van der Waals surface area (Å²) in [5, 5.41) is 0. The summed E-state index contributed by atoms with van der Waals surface area (Å²) in [5.41, 5.74) is 5.47. The smallest absolute Gasteiger partial charge is 0.107 e. The lowest BCUT2D eigenvalue weighted by Crippen LogP contribution is -2.44. The highest BCUT2D eigenvalue weighted by molar-refractivity contribution is 4.89. The number of nitrogens with zero attached hydrogens (tertiary/aromatic N) is 1. The molecule has 0 saturated carbocycles. The highest BCUT2D eigenvalue weighted by Gasteiger charge is 2.31. The van der Waals surface area contributed by atoms with Crippen LogP contribution in [-0.4, -0.2) is 49.5 Å². The summed E-state index contributed by atoms with van der Waals surface area (Å²) >= 11 is 0. The Morgan fingerprint density at radius 1 is 1.25 bits per heavy atom. The predicted molar refractivity (Wildman–Crippen MR) is 62.2 cm³/mol. The molecule has 0 spiro atoms. The molecule has 3 nitrogen and oxygen atoms in total. The van der Waals surface area contributed by atoms with Gasteiger partial charge in [-0.15, -0.1) is 0 Å². The summed E-state index contributed by atoms with van der Waals surface area (Å²) in [5.74, 6) is 0. The maximum Gasteiger partial charge on any atom is 0.107 e. The number of alkyl halides is 1. The van der Waals surface area contributed by atoms with Crippen LogP contribution in [0.15, 0.2) is 0 Å². The third-order valence-electron chi connectivity index (χ3n) is 3.99. The maximum absolute atomic E-state index is 12.8. The van der Waals surface area contributed by atoms with Crippen LogP contribution in [0.4, 0.5) is 4.39 Å². The number of ether oxygens (including phenoxy) is 1. The van der Waals surface area contributed by atoms with Crippen LogP contribution < -0.4 is 5.73 Å². The monoisotopic (exact) mass is 230 g/mol. The van der Waals surface area contributed by atoms with E-state index in [4.69, 9.17) is 10.5 Å². The van der Waals surface area contributed by atoms with E-state index >= 15 is 0 Å². The molecule has 2 saturated heterocycles. The van der Waals surface area contributed by atoms with Gasteiger partial charge in [-0.2, -0.15) is 0 Å². The molecule has 0 aromatic carbocycles. The van der Waals surface area contributed by atoms with Crippen molar-refractivity contribution in [2.75, 3.05) is 33.0 Å². The van der Waals surface area contributed by atoms with E-state index in [0.29, 0.717) is 6.04 Å². The normalized spacial score (nSPS) is 34.9. The second-order valence-electron chi connectivity index (χ2n) is 5.23. The molecule has 0 radical (unpaired) electrons. The lowest BCUT2D eigenvalue weighted by Gasteiger charge is -2.33. The van der Waals surface area contributed by atoms with Crippen molar-refractivity contribution < 1.29 is 9.13 Å². The van der Waals surface area contributed by atoms with E-state index in [-0.39, 0.29) is 6.67 Å². The molecule has 2 N–H and O–H groups in total. The van der Waals surface area contributed by atoms with Crippen LogP contribution in [0.25, 0.3) is 0 Å². The molecule has 2 aliphatic rings. The Morgan fingerprint density at radius 2 is 2.00 bits per heavy atom. The molecule has 2 fully saturated rings. The van der Waals surface area contributed by atoms with Gasteiger partial charge in [0.2, 0.25) is 0 Å². The van der Waals surface area contributed by atoms with Gasteiger partial charge in [0.15, 0.2) is 0 Å². The molecule has 94 valence electrons. The van der Waals surface area contributed by atoms with Crippen molar-refractivity contribution in [3.63, 3.8) is 0 Å². The van der Waals surface area contributed by atoms with E-state index in [0.717, 1.165) is 58.4 Å². The average Bonchev–Trinajstić information content (AvgIpc) is 2.53. The minimum absolute atomic E-state index is 0.380. The lowest BCUT2D eigenvalue weighted by atomic mass is 9.94. The van der Waals surface area contributed by atoms with Crippen molar-refractivity contribution in [1.29, 1.82) is 0 Å². The van der Waals surface area contributed by atoms with Crippen LogP contribution in [0.3, 0.4) is 0 Å². The Morgan fingerprint density at radius 3 is 2.69 bits per heavy atom. The van der Waals surface area contributed by atoms with Gasteiger partial charge >= 0.3 is 0 Å². The molecule has 2 rings (SSSR count). The first kappa shape index (κ1) is 12.3. The molecule has 1 unspecified atom stereocenters. The number of rotatable bonds is 2. The summed E-state index contributed by atoms with van der Waals surface area (Å²) in [4.78, 5) is 2.49. The lowest BCUT2D eigenvalue weighted by molar-refractivity contribution is 0.0346. The van der Waals surface area contributed by atoms with E-state index in [1.807, 2.05) is 0 Å². The largest absolute Gasteiger partial charge is 0.381 e. The second-order valence-corrected chi connectivity index (χ2v) is 5.23. The zero-order valence-corrected chi connectivity index (χ0v) is 9.96. The Hall–Kier alpha value is -0.190. The first-order valence-electron chi connectivity index (χ1n) is 6.40. The van der Waals surface area contributed by atoms with Crippen LogP contribution in [-0.2, 0) is 4.74 Å². The summed E-state index contributed by atoms with van der Waals surface area (Å²) in [7, 11) is 0. The van der Waals surface area contributed by atoms with Crippen LogP contribution in [0.1, 0.15) is 32.1 Å². The van der Waals surface area contributed by atoms with Gasteiger partial charge in [-0.25, -0.2) is 4.39 Å². The van der Waals surface area contributed by atoms with E-state index in [1.165, 1.54) is 0 Å². The predicted octanol–water partition coefficient (Wildman–Crippen LogP) is 1.32.